The van der Waals surface area contributed by atoms with Crippen LogP contribution in [0.4, 0.5) is 0 Å². The number of carbonyl (C=O) groups excluding carboxylic acids is 1. The number of aliphatic hydroxyl groups excluding tert-OH is 10. The van der Waals surface area contributed by atoms with Crippen molar-refractivity contribution in [1.29, 1.82) is 0 Å². The molecule has 5 aliphatic carbocycles. The SMILES string of the molecule is CC1(C)CC[C@@]2(C(=O)O[C@H]3O[C@@H](CO)[C@H](O)[C@H](O)[C@H]3O)CC[C@@]3(C)C(=CC[C@@H]4[C@@]5(C)CC[C@@H](O[C@@H]6O[C@H](C(=O)O)[C@H](O)[C@H](O)[C@H]6O[C@H]6O[C@@H](CO)[C@H](O)[C@H](O)[C@H]6O)C(C)(C)[C@H]5CC[C@@]43C)[C@H]2C1. The van der Waals surface area contributed by atoms with Crippen LogP contribution >= 0.6 is 0 Å². The Hall–Kier alpha value is -1.92. The molecule has 19 nitrogen and oxygen atoms in total. The number of carboxylic acid groups (broad SMARTS) is 1. The quantitative estimate of drug-likeness (QED) is 0.0838. The predicted molar refractivity (Wildman–Crippen MR) is 231 cm³/mol. The highest BCUT2D eigenvalue weighted by atomic mass is 16.8. The van der Waals surface area contributed by atoms with Crippen molar-refractivity contribution in [2.75, 3.05) is 13.2 Å². The van der Waals surface area contributed by atoms with Crippen molar-refractivity contribution in [2.45, 2.75) is 211 Å². The van der Waals surface area contributed by atoms with Crippen LogP contribution in [-0.4, -0.2) is 180 Å². The fraction of sp³-hybridized carbons (Fsp3) is 0.917. The monoisotopic (exact) mass is 956 g/mol. The maximum atomic E-state index is 14.7. The van der Waals surface area contributed by atoms with Crippen LogP contribution in [0.2, 0.25) is 0 Å². The fourth-order valence-electron chi connectivity index (χ4n) is 15.0. The van der Waals surface area contributed by atoms with E-state index in [0.717, 1.165) is 38.5 Å². The van der Waals surface area contributed by atoms with Crippen LogP contribution in [0, 0.1) is 50.2 Å². The summed E-state index contributed by atoms with van der Waals surface area (Å²) in [6, 6.07) is 0. The minimum Gasteiger partial charge on any atom is -0.479 e. The number of hydrogen-bond donors (Lipinski definition) is 11. The Morgan fingerprint density at radius 1 is 0.642 bits per heavy atom. The molecule has 0 aromatic carbocycles. The van der Waals surface area contributed by atoms with Gasteiger partial charge in [-0.05, 0) is 109 Å². The van der Waals surface area contributed by atoms with Crippen LogP contribution in [0.25, 0.3) is 0 Å². The zero-order chi connectivity index (χ0) is 49.1. The van der Waals surface area contributed by atoms with Gasteiger partial charge in [-0.25, -0.2) is 4.79 Å². The van der Waals surface area contributed by atoms with E-state index < -0.39 is 134 Å². The van der Waals surface area contributed by atoms with Crippen molar-refractivity contribution in [1.82, 2.24) is 0 Å². The molecule has 11 N–H and O–H groups in total. The number of aliphatic carboxylic acids is 1. The second-order valence-electron chi connectivity index (χ2n) is 23.5. The third-order valence-corrected chi connectivity index (χ3v) is 19.3. The Balaban J connectivity index is 1.05. The van der Waals surface area contributed by atoms with Gasteiger partial charge in [0.25, 0.3) is 0 Å². The lowest BCUT2D eigenvalue weighted by molar-refractivity contribution is -0.374. The van der Waals surface area contributed by atoms with Crippen LogP contribution < -0.4 is 0 Å². The molecule has 0 spiro atoms. The third kappa shape index (κ3) is 8.06. The lowest BCUT2D eigenvalue weighted by Crippen LogP contribution is -2.67. The standard InChI is InChI=1S/C48H76O19/c1-43(2)14-16-48(42(61)67-40-35(58)31(54)29(52)24(20-50)63-40)17-15-46(6)21(22(48)18-43)8-9-26-45(5)12-11-27(44(3,4)25(45)10-13-47(26,46)7)64-41-37(33(56)32(55)36(65-41)38(59)60)66-39-34(57)30(53)28(51)23(19-49)62-39/h8,22-37,39-41,49-58H,9-20H2,1-7H3,(H,59,60)/t22-,23+,24+,25-,26-,27-,28+,29+,30+,31+,32-,33+,34-,35-,36+,37-,39-,40-,41-,45+,46+,47+,48-/m1/s1. The van der Waals surface area contributed by atoms with Gasteiger partial charge in [-0.1, -0.05) is 60.1 Å². The second-order valence-corrected chi connectivity index (χ2v) is 23.5. The van der Waals surface area contributed by atoms with E-state index in [1.54, 1.807) is 0 Å². The molecule has 0 bridgehead atoms. The number of rotatable bonds is 9. The van der Waals surface area contributed by atoms with Crippen molar-refractivity contribution in [3.05, 3.63) is 11.6 Å². The number of carbonyl (C=O) groups is 2. The van der Waals surface area contributed by atoms with Crippen LogP contribution in [0.1, 0.15) is 113 Å². The number of allylic oxidation sites excluding steroid dienone is 2. The molecule has 7 fully saturated rings. The highest BCUT2D eigenvalue weighted by Crippen LogP contribution is 2.76. The minimum atomic E-state index is -1.98. The van der Waals surface area contributed by atoms with E-state index in [-0.39, 0.29) is 39.4 Å². The smallest absolute Gasteiger partial charge is 0.335 e. The van der Waals surface area contributed by atoms with Crippen molar-refractivity contribution >= 4 is 11.9 Å². The summed E-state index contributed by atoms with van der Waals surface area (Å²) in [5.41, 5.74) is -1.05. The van der Waals surface area contributed by atoms with E-state index in [1.807, 2.05) is 0 Å². The summed E-state index contributed by atoms with van der Waals surface area (Å²) >= 11 is 0. The normalized spacial score (nSPS) is 52.6. The first-order chi connectivity index (χ1) is 31.2. The van der Waals surface area contributed by atoms with Crippen molar-refractivity contribution < 1.29 is 94.2 Å². The highest BCUT2D eigenvalue weighted by Gasteiger charge is 2.70. The fourth-order valence-corrected chi connectivity index (χ4v) is 15.0. The molecule has 3 heterocycles. The number of fused-ring (bicyclic) bond motifs is 7. The molecule has 0 radical (unpaired) electrons. The Labute approximate surface area is 391 Å². The summed E-state index contributed by atoms with van der Waals surface area (Å²) in [5, 5.41) is 115. The maximum absolute atomic E-state index is 14.7. The number of carboxylic acids is 1. The maximum Gasteiger partial charge on any atom is 0.335 e. The summed E-state index contributed by atoms with van der Waals surface area (Å²) in [4.78, 5) is 27.0. The molecule has 8 rings (SSSR count). The summed E-state index contributed by atoms with van der Waals surface area (Å²) in [6.07, 6.45) is -16.4. The van der Waals surface area contributed by atoms with E-state index in [4.69, 9.17) is 28.4 Å². The molecule has 23 atom stereocenters. The first-order valence-electron chi connectivity index (χ1n) is 24.3. The molecule has 19 heteroatoms. The second kappa shape index (κ2) is 18.0. The van der Waals surface area contributed by atoms with Gasteiger partial charge >= 0.3 is 11.9 Å². The van der Waals surface area contributed by atoms with Gasteiger partial charge in [0.15, 0.2) is 18.7 Å². The van der Waals surface area contributed by atoms with Gasteiger partial charge in [-0.2, -0.15) is 0 Å². The van der Waals surface area contributed by atoms with Gasteiger partial charge in [-0.3, -0.25) is 4.79 Å². The molecule has 4 saturated carbocycles. The van der Waals surface area contributed by atoms with E-state index in [1.165, 1.54) is 5.57 Å². The molecular weight excluding hydrogens is 881 g/mol. The predicted octanol–water partition coefficient (Wildman–Crippen LogP) is 0.233. The Morgan fingerprint density at radius 2 is 1.24 bits per heavy atom. The molecule has 3 aliphatic heterocycles. The van der Waals surface area contributed by atoms with Crippen LogP contribution in [0.3, 0.4) is 0 Å². The lowest BCUT2D eigenvalue weighted by atomic mass is 9.33. The van der Waals surface area contributed by atoms with Crippen molar-refractivity contribution in [3.8, 4) is 0 Å². The number of hydrogen-bond acceptors (Lipinski definition) is 18. The zero-order valence-electron chi connectivity index (χ0n) is 39.7. The summed E-state index contributed by atoms with van der Waals surface area (Å²) < 4.78 is 35.7. The van der Waals surface area contributed by atoms with E-state index in [2.05, 4.69) is 54.5 Å². The van der Waals surface area contributed by atoms with Crippen LogP contribution in [0.15, 0.2) is 11.6 Å². The van der Waals surface area contributed by atoms with Gasteiger partial charge < -0.3 is 84.6 Å². The third-order valence-electron chi connectivity index (χ3n) is 19.3. The molecule has 0 unspecified atom stereocenters. The van der Waals surface area contributed by atoms with Crippen LogP contribution in [0.5, 0.6) is 0 Å². The molecule has 3 saturated heterocycles. The largest absolute Gasteiger partial charge is 0.479 e. The van der Waals surface area contributed by atoms with Crippen molar-refractivity contribution in [3.63, 3.8) is 0 Å². The minimum absolute atomic E-state index is 0.0828. The van der Waals surface area contributed by atoms with E-state index in [0.29, 0.717) is 25.7 Å². The van der Waals surface area contributed by atoms with Crippen LogP contribution in [-0.2, 0) is 38.0 Å². The van der Waals surface area contributed by atoms with Gasteiger partial charge in [-0.15, -0.1) is 0 Å². The van der Waals surface area contributed by atoms with Gasteiger partial charge in [0, 0.05) is 0 Å². The van der Waals surface area contributed by atoms with Gasteiger partial charge in [0.1, 0.15) is 67.1 Å². The van der Waals surface area contributed by atoms with E-state index >= 15 is 0 Å². The van der Waals surface area contributed by atoms with Gasteiger partial charge in [0.05, 0.1) is 24.7 Å². The Kier molecular flexibility index (Phi) is 13.8. The number of ether oxygens (including phenoxy) is 6. The molecule has 8 aliphatic rings. The molecule has 0 aromatic rings. The number of esters is 1. The molecular formula is C48H76O19. The molecule has 0 amide bonds. The average Bonchev–Trinajstić information content (AvgIpc) is 3.26. The summed E-state index contributed by atoms with van der Waals surface area (Å²) in [7, 11) is 0. The average molecular weight is 957 g/mol. The van der Waals surface area contributed by atoms with E-state index in [9.17, 15) is 65.8 Å². The zero-order valence-corrected chi connectivity index (χ0v) is 39.7. The summed E-state index contributed by atoms with van der Waals surface area (Å²) in [5.74, 6) is -1.94. The Bertz CT molecular complexity index is 1870. The van der Waals surface area contributed by atoms with Crippen molar-refractivity contribution in [2.24, 2.45) is 50.2 Å². The molecule has 67 heavy (non-hydrogen) atoms. The number of aliphatic hydroxyl groups is 10. The first kappa shape index (κ1) is 51.4. The lowest BCUT2D eigenvalue weighted by Gasteiger charge is -2.71. The topological polar surface area (TPSA) is 312 Å². The molecule has 382 valence electrons. The highest BCUT2D eigenvalue weighted by molar-refractivity contribution is 5.79. The van der Waals surface area contributed by atoms with Gasteiger partial charge in [0.2, 0.25) is 6.29 Å². The first-order valence-corrected chi connectivity index (χ1v) is 24.3. The Morgan fingerprint density at radius 3 is 1.85 bits per heavy atom. The molecule has 0 aromatic heterocycles. The summed E-state index contributed by atoms with van der Waals surface area (Å²) in [6.45, 7) is 14.4.